The predicted octanol–water partition coefficient (Wildman–Crippen LogP) is 1.92. The first kappa shape index (κ1) is 12.1. The average Bonchev–Trinajstić information content (AvgIpc) is 2.80. The predicted molar refractivity (Wildman–Crippen MR) is 61.1 cm³/mol. The van der Waals surface area contributed by atoms with Crippen LogP contribution in [-0.4, -0.2) is 29.2 Å². The molecule has 2 aliphatic rings. The first-order valence-corrected chi connectivity index (χ1v) is 6.19. The fourth-order valence-electron chi connectivity index (χ4n) is 3.32. The van der Waals surface area contributed by atoms with Crippen LogP contribution in [0.5, 0.6) is 0 Å². The molecule has 0 aromatic heterocycles. The highest BCUT2D eigenvalue weighted by Gasteiger charge is 2.60. The van der Waals surface area contributed by atoms with Crippen molar-refractivity contribution in [2.75, 3.05) is 6.61 Å². The lowest BCUT2D eigenvalue weighted by molar-refractivity contribution is -0.129. The first-order valence-electron chi connectivity index (χ1n) is 6.19. The third-order valence-corrected chi connectivity index (χ3v) is 4.12. The van der Waals surface area contributed by atoms with Gasteiger partial charge >= 0.3 is 0 Å². The number of Topliss-reactive ketones (excluding diaryl/α,β-unsaturated/α-hetero) is 1. The molecular weight excluding hydrogens is 204 g/mol. The first-order chi connectivity index (χ1) is 7.36. The molecule has 1 spiro atoms. The van der Waals surface area contributed by atoms with Gasteiger partial charge in [0.15, 0.2) is 0 Å². The zero-order chi connectivity index (χ0) is 12.0. The van der Waals surface area contributed by atoms with E-state index in [-0.39, 0.29) is 17.1 Å². The number of epoxide rings is 1. The Kier molecular flexibility index (Phi) is 2.87. The van der Waals surface area contributed by atoms with E-state index in [0.29, 0.717) is 24.5 Å². The van der Waals surface area contributed by atoms with Crippen LogP contribution in [0.4, 0.5) is 0 Å². The highest BCUT2D eigenvalue weighted by atomic mass is 16.6. The lowest BCUT2D eigenvalue weighted by Crippen LogP contribution is -2.45. The maximum atomic E-state index is 11.7. The Morgan fingerprint density at radius 1 is 1.50 bits per heavy atom. The minimum absolute atomic E-state index is 0.0146. The number of aliphatic hydroxyl groups is 1. The van der Waals surface area contributed by atoms with Crippen molar-refractivity contribution >= 4 is 5.78 Å². The van der Waals surface area contributed by atoms with Crippen molar-refractivity contribution < 1.29 is 14.6 Å². The van der Waals surface area contributed by atoms with Crippen molar-refractivity contribution in [3.63, 3.8) is 0 Å². The normalized spacial score (nSPS) is 38.8. The summed E-state index contributed by atoms with van der Waals surface area (Å²) >= 11 is 0. The molecule has 92 valence electrons. The number of ether oxygens (including phenoxy) is 1. The number of carbonyl (C=O) groups is 1. The summed E-state index contributed by atoms with van der Waals surface area (Å²) in [5, 5.41) is 9.39. The summed E-state index contributed by atoms with van der Waals surface area (Å²) < 4.78 is 5.59. The molecule has 3 nitrogen and oxygen atoms in total. The van der Waals surface area contributed by atoms with Gasteiger partial charge in [-0.15, -0.1) is 0 Å². The van der Waals surface area contributed by atoms with Gasteiger partial charge in [0.25, 0.3) is 0 Å². The Balaban J connectivity index is 2.09. The Bertz CT molecular complexity index is 280. The van der Waals surface area contributed by atoms with E-state index in [4.69, 9.17) is 4.74 Å². The summed E-state index contributed by atoms with van der Waals surface area (Å²) in [5.41, 5.74) is -0.158. The van der Waals surface area contributed by atoms with Crippen LogP contribution in [0.1, 0.15) is 46.5 Å². The Morgan fingerprint density at radius 2 is 2.12 bits per heavy atom. The SMILES string of the molecule is C[C@H](O)CC[C@@H]1C(C)(C)CC(=O)C[C@]12CO2. The summed E-state index contributed by atoms with van der Waals surface area (Å²) in [5.74, 6) is 0.739. The van der Waals surface area contributed by atoms with E-state index in [1.807, 2.05) is 6.92 Å². The quantitative estimate of drug-likeness (QED) is 0.748. The summed E-state index contributed by atoms with van der Waals surface area (Å²) in [6, 6.07) is 0. The second-order valence-electron chi connectivity index (χ2n) is 6.21. The average molecular weight is 226 g/mol. The van der Waals surface area contributed by atoms with Gasteiger partial charge in [-0.1, -0.05) is 13.8 Å². The molecule has 1 saturated heterocycles. The number of rotatable bonds is 3. The third kappa shape index (κ3) is 2.16. The molecule has 0 amide bonds. The summed E-state index contributed by atoms with van der Waals surface area (Å²) in [6.45, 7) is 6.86. The van der Waals surface area contributed by atoms with Crippen molar-refractivity contribution in [2.45, 2.75) is 58.2 Å². The molecule has 1 aliphatic heterocycles. The summed E-state index contributed by atoms with van der Waals surface area (Å²) in [7, 11) is 0. The smallest absolute Gasteiger partial charge is 0.136 e. The Labute approximate surface area is 97.2 Å². The molecule has 0 radical (unpaired) electrons. The number of hydrogen-bond acceptors (Lipinski definition) is 3. The van der Waals surface area contributed by atoms with E-state index in [1.54, 1.807) is 0 Å². The number of hydrogen-bond donors (Lipinski definition) is 1. The van der Waals surface area contributed by atoms with Crippen molar-refractivity contribution in [1.82, 2.24) is 0 Å². The van der Waals surface area contributed by atoms with E-state index in [1.165, 1.54) is 0 Å². The van der Waals surface area contributed by atoms with Gasteiger partial charge in [0, 0.05) is 12.8 Å². The maximum absolute atomic E-state index is 11.7. The largest absolute Gasteiger partial charge is 0.393 e. The van der Waals surface area contributed by atoms with Gasteiger partial charge in [-0.05, 0) is 31.1 Å². The number of ketones is 1. The van der Waals surface area contributed by atoms with Gasteiger partial charge in [-0.2, -0.15) is 0 Å². The van der Waals surface area contributed by atoms with Crippen LogP contribution in [0.3, 0.4) is 0 Å². The van der Waals surface area contributed by atoms with Gasteiger partial charge in [-0.25, -0.2) is 0 Å². The van der Waals surface area contributed by atoms with Crippen molar-refractivity contribution in [3.8, 4) is 0 Å². The molecule has 16 heavy (non-hydrogen) atoms. The number of aliphatic hydroxyl groups excluding tert-OH is 1. The monoisotopic (exact) mass is 226 g/mol. The third-order valence-electron chi connectivity index (χ3n) is 4.12. The molecule has 0 bridgehead atoms. The standard InChI is InChI=1S/C13H22O3/c1-9(14)4-5-11-12(2,3)6-10(15)7-13(11)8-16-13/h9,11,14H,4-8H2,1-3H3/t9-,11+,13-/m0/s1. The molecular formula is C13H22O3. The second-order valence-corrected chi connectivity index (χ2v) is 6.21. The van der Waals surface area contributed by atoms with E-state index in [2.05, 4.69) is 13.8 Å². The summed E-state index contributed by atoms with van der Waals surface area (Å²) in [6.07, 6.45) is 2.73. The van der Waals surface area contributed by atoms with Crippen LogP contribution in [-0.2, 0) is 9.53 Å². The van der Waals surface area contributed by atoms with Crippen LogP contribution in [0.25, 0.3) is 0 Å². The van der Waals surface area contributed by atoms with E-state index >= 15 is 0 Å². The molecule has 1 N–H and O–H groups in total. The zero-order valence-corrected chi connectivity index (χ0v) is 10.5. The van der Waals surface area contributed by atoms with Crippen LogP contribution in [0.15, 0.2) is 0 Å². The maximum Gasteiger partial charge on any atom is 0.136 e. The van der Waals surface area contributed by atoms with Gasteiger partial charge in [0.2, 0.25) is 0 Å². The molecule has 3 atom stereocenters. The molecule has 0 aromatic rings. The van der Waals surface area contributed by atoms with Crippen molar-refractivity contribution in [1.29, 1.82) is 0 Å². The van der Waals surface area contributed by atoms with Gasteiger partial charge < -0.3 is 9.84 Å². The fraction of sp³-hybridized carbons (Fsp3) is 0.923. The highest BCUT2D eigenvalue weighted by Crippen LogP contribution is 2.54. The second kappa shape index (κ2) is 3.81. The van der Waals surface area contributed by atoms with Crippen LogP contribution in [0.2, 0.25) is 0 Å². The van der Waals surface area contributed by atoms with Crippen molar-refractivity contribution in [3.05, 3.63) is 0 Å². The molecule has 1 aliphatic carbocycles. The molecule has 3 heteroatoms. The van der Waals surface area contributed by atoms with Crippen molar-refractivity contribution in [2.24, 2.45) is 11.3 Å². The number of carbonyl (C=O) groups excluding carboxylic acids is 1. The molecule has 2 rings (SSSR count). The van der Waals surface area contributed by atoms with E-state index in [0.717, 1.165) is 19.4 Å². The Morgan fingerprint density at radius 3 is 2.62 bits per heavy atom. The van der Waals surface area contributed by atoms with E-state index in [9.17, 15) is 9.90 Å². The van der Waals surface area contributed by atoms with Gasteiger partial charge in [0.05, 0.1) is 12.7 Å². The van der Waals surface area contributed by atoms with Crippen LogP contribution >= 0.6 is 0 Å². The molecule has 2 fully saturated rings. The van der Waals surface area contributed by atoms with Gasteiger partial charge in [0.1, 0.15) is 11.4 Å². The van der Waals surface area contributed by atoms with Gasteiger partial charge in [-0.3, -0.25) is 4.79 Å². The highest BCUT2D eigenvalue weighted by molar-refractivity contribution is 5.82. The Hall–Kier alpha value is -0.410. The van der Waals surface area contributed by atoms with E-state index < -0.39 is 0 Å². The lowest BCUT2D eigenvalue weighted by Gasteiger charge is -2.42. The molecule has 0 aromatic carbocycles. The molecule has 1 saturated carbocycles. The summed E-state index contributed by atoms with van der Waals surface area (Å²) in [4.78, 5) is 11.7. The van der Waals surface area contributed by atoms with Crippen LogP contribution in [0, 0.1) is 11.3 Å². The minimum Gasteiger partial charge on any atom is -0.393 e. The minimum atomic E-state index is -0.260. The van der Waals surface area contributed by atoms with Crippen LogP contribution < -0.4 is 0 Å². The molecule has 1 heterocycles. The molecule has 0 unspecified atom stereocenters. The lowest BCUT2D eigenvalue weighted by atomic mass is 9.61. The zero-order valence-electron chi connectivity index (χ0n) is 10.5. The fourth-order valence-corrected chi connectivity index (χ4v) is 3.32. The topological polar surface area (TPSA) is 49.8 Å².